The molecule has 0 aromatic heterocycles. The first kappa shape index (κ1) is 15.7. The van der Waals surface area contributed by atoms with Crippen LogP contribution in [0.4, 0.5) is 10.1 Å². The van der Waals surface area contributed by atoms with E-state index in [-0.39, 0.29) is 11.7 Å². The van der Waals surface area contributed by atoms with E-state index in [1.807, 2.05) is 0 Å². The lowest BCUT2D eigenvalue weighted by atomic mass is 9.87. The van der Waals surface area contributed by atoms with Gasteiger partial charge in [-0.3, -0.25) is 4.79 Å². The van der Waals surface area contributed by atoms with Crippen molar-refractivity contribution in [1.82, 2.24) is 5.32 Å². The van der Waals surface area contributed by atoms with Gasteiger partial charge in [0, 0.05) is 25.4 Å². The van der Waals surface area contributed by atoms with Gasteiger partial charge in [-0.05, 0) is 32.0 Å². The summed E-state index contributed by atoms with van der Waals surface area (Å²) < 4.78 is 24.1. The maximum atomic E-state index is 13.8. The highest BCUT2D eigenvalue weighted by atomic mass is 19.1. The van der Waals surface area contributed by atoms with Crippen LogP contribution < -0.4 is 15.4 Å². The second kappa shape index (κ2) is 6.87. The first-order chi connectivity index (χ1) is 10.1. The Morgan fingerprint density at radius 1 is 1.52 bits per heavy atom. The summed E-state index contributed by atoms with van der Waals surface area (Å²) in [5.41, 5.74) is -0.174. The molecule has 1 amide bonds. The molecule has 1 atom stereocenters. The maximum absolute atomic E-state index is 13.8. The summed E-state index contributed by atoms with van der Waals surface area (Å²) in [4.78, 5) is 12.5. The van der Waals surface area contributed by atoms with Gasteiger partial charge in [0.05, 0.1) is 18.6 Å². The molecule has 1 saturated heterocycles. The Labute approximate surface area is 123 Å². The second-order valence-corrected chi connectivity index (χ2v) is 5.17. The van der Waals surface area contributed by atoms with E-state index in [0.717, 1.165) is 6.54 Å². The Morgan fingerprint density at radius 3 is 2.90 bits per heavy atom. The van der Waals surface area contributed by atoms with Crippen LogP contribution in [0.2, 0.25) is 0 Å². The number of ether oxygens (including phenoxy) is 2. The lowest BCUT2D eigenvalue weighted by Crippen LogP contribution is -2.41. The zero-order chi connectivity index (χ0) is 15.3. The van der Waals surface area contributed by atoms with E-state index in [2.05, 4.69) is 10.6 Å². The molecule has 1 aliphatic rings. The third-order valence-electron chi connectivity index (χ3n) is 3.64. The second-order valence-electron chi connectivity index (χ2n) is 5.17. The van der Waals surface area contributed by atoms with E-state index in [4.69, 9.17) is 9.47 Å². The van der Waals surface area contributed by atoms with Crippen LogP contribution in [0.15, 0.2) is 18.2 Å². The van der Waals surface area contributed by atoms with Crippen LogP contribution in [-0.2, 0) is 9.53 Å². The van der Waals surface area contributed by atoms with Crippen LogP contribution >= 0.6 is 0 Å². The van der Waals surface area contributed by atoms with Crippen molar-refractivity contribution in [2.75, 3.05) is 38.7 Å². The lowest BCUT2D eigenvalue weighted by molar-refractivity contribution is -0.127. The van der Waals surface area contributed by atoms with Gasteiger partial charge in [0.2, 0.25) is 5.91 Å². The fourth-order valence-electron chi connectivity index (χ4n) is 2.52. The number of hydrogen-bond donors (Lipinski definition) is 2. The maximum Gasteiger partial charge on any atom is 0.234 e. The number of benzene rings is 1. The lowest BCUT2D eigenvalue weighted by Gasteiger charge is -2.26. The van der Waals surface area contributed by atoms with Crippen LogP contribution in [0.25, 0.3) is 0 Å². The van der Waals surface area contributed by atoms with Crippen molar-refractivity contribution in [3.05, 3.63) is 24.0 Å². The summed E-state index contributed by atoms with van der Waals surface area (Å²) in [7, 11) is 1.57. The predicted molar refractivity (Wildman–Crippen MR) is 78.0 cm³/mol. The quantitative estimate of drug-likeness (QED) is 0.840. The zero-order valence-electron chi connectivity index (χ0n) is 12.4. The zero-order valence-corrected chi connectivity index (χ0v) is 12.4. The van der Waals surface area contributed by atoms with Crippen molar-refractivity contribution >= 4 is 11.6 Å². The van der Waals surface area contributed by atoms with E-state index >= 15 is 0 Å². The topological polar surface area (TPSA) is 59.6 Å². The minimum atomic E-state index is -0.593. The average Bonchev–Trinajstić information content (AvgIpc) is 2.92. The SMILES string of the molecule is CCOc1ccc(NC(=O)C2(COC)CCNC2)cc1F. The Balaban J connectivity index is 2.10. The van der Waals surface area contributed by atoms with Crippen LogP contribution in [0, 0.1) is 11.2 Å². The molecule has 0 aliphatic carbocycles. The molecule has 0 bridgehead atoms. The molecule has 1 aliphatic heterocycles. The molecule has 1 aromatic carbocycles. The third kappa shape index (κ3) is 3.51. The predicted octanol–water partition coefficient (Wildman–Crippen LogP) is 1.79. The van der Waals surface area contributed by atoms with Crippen molar-refractivity contribution in [3.63, 3.8) is 0 Å². The number of anilines is 1. The molecule has 0 radical (unpaired) electrons. The van der Waals surface area contributed by atoms with Gasteiger partial charge in [-0.2, -0.15) is 0 Å². The number of hydrogen-bond acceptors (Lipinski definition) is 4. The number of amides is 1. The summed E-state index contributed by atoms with van der Waals surface area (Å²) in [5, 5.41) is 5.93. The molecule has 2 rings (SSSR count). The summed E-state index contributed by atoms with van der Waals surface area (Å²) in [6.07, 6.45) is 0.701. The smallest absolute Gasteiger partial charge is 0.234 e. The first-order valence-electron chi connectivity index (χ1n) is 7.05. The van der Waals surface area contributed by atoms with Crippen molar-refractivity contribution in [2.45, 2.75) is 13.3 Å². The largest absolute Gasteiger partial charge is 0.491 e. The Morgan fingerprint density at radius 2 is 2.33 bits per heavy atom. The van der Waals surface area contributed by atoms with Gasteiger partial charge in [-0.25, -0.2) is 4.39 Å². The van der Waals surface area contributed by atoms with E-state index in [0.29, 0.717) is 31.9 Å². The van der Waals surface area contributed by atoms with Gasteiger partial charge in [-0.1, -0.05) is 0 Å². The van der Waals surface area contributed by atoms with Gasteiger partial charge >= 0.3 is 0 Å². The molecule has 1 fully saturated rings. The molecule has 21 heavy (non-hydrogen) atoms. The van der Waals surface area contributed by atoms with Gasteiger partial charge < -0.3 is 20.1 Å². The molecular weight excluding hydrogens is 275 g/mol. The molecule has 1 unspecified atom stereocenters. The van der Waals surface area contributed by atoms with E-state index in [1.54, 1.807) is 20.1 Å². The number of carbonyl (C=O) groups excluding carboxylic acids is 1. The molecule has 5 nitrogen and oxygen atoms in total. The highest BCUT2D eigenvalue weighted by molar-refractivity contribution is 5.96. The van der Waals surface area contributed by atoms with E-state index in [9.17, 15) is 9.18 Å². The fourth-order valence-corrected chi connectivity index (χ4v) is 2.52. The monoisotopic (exact) mass is 296 g/mol. The van der Waals surface area contributed by atoms with Crippen molar-refractivity contribution < 1.29 is 18.7 Å². The minimum Gasteiger partial charge on any atom is -0.491 e. The number of rotatable bonds is 6. The number of nitrogens with one attached hydrogen (secondary N) is 2. The normalized spacial score (nSPS) is 21.3. The first-order valence-corrected chi connectivity index (χ1v) is 7.05. The summed E-state index contributed by atoms with van der Waals surface area (Å²) in [6, 6.07) is 4.42. The molecule has 116 valence electrons. The van der Waals surface area contributed by atoms with Crippen molar-refractivity contribution in [3.8, 4) is 5.75 Å². The number of halogens is 1. The van der Waals surface area contributed by atoms with Crippen LogP contribution in [0.3, 0.4) is 0 Å². The summed E-state index contributed by atoms with van der Waals surface area (Å²) in [6.45, 7) is 3.86. The van der Waals surface area contributed by atoms with Gasteiger partial charge in [0.25, 0.3) is 0 Å². The molecular formula is C15H21FN2O3. The van der Waals surface area contributed by atoms with Crippen LogP contribution in [-0.4, -0.2) is 39.3 Å². The van der Waals surface area contributed by atoms with E-state index < -0.39 is 11.2 Å². The standard InChI is InChI=1S/C15H21FN2O3/c1-3-21-13-5-4-11(8-12(13)16)18-14(19)15(10-20-2)6-7-17-9-15/h4-5,8,17H,3,6-7,9-10H2,1-2H3,(H,18,19). The van der Waals surface area contributed by atoms with Crippen LogP contribution in [0.1, 0.15) is 13.3 Å². The Hall–Kier alpha value is -1.66. The molecule has 1 aromatic rings. The third-order valence-corrected chi connectivity index (χ3v) is 3.64. The van der Waals surface area contributed by atoms with Crippen molar-refractivity contribution in [1.29, 1.82) is 0 Å². The van der Waals surface area contributed by atoms with E-state index in [1.165, 1.54) is 12.1 Å². The fraction of sp³-hybridized carbons (Fsp3) is 0.533. The summed E-state index contributed by atoms with van der Waals surface area (Å²) >= 11 is 0. The van der Waals surface area contributed by atoms with Gasteiger partial charge in [0.15, 0.2) is 11.6 Å². The minimum absolute atomic E-state index is 0.155. The van der Waals surface area contributed by atoms with Gasteiger partial charge in [-0.15, -0.1) is 0 Å². The molecule has 2 N–H and O–H groups in total. The molecule has 0 saturated carbocycles. The Kier molecular flexibility index (Phi) is 5.14. The number of carbonyl (C=O) groups is 1. The molecule has 0 spiro atoms. The van der Waals surface area contributed by atoms with Crippen LogP contribution in [0.5, 0.6) is 5.75 Å². The highest BCUT2D eigenvalue weighted by Crippen LogP contribution is 2.29. The highest BCUT2D eigenvalue weighted by Gasteiger charge is 2.41. The molecule has 6 heteroatoms. The van der Waals surface area contributed by atoms with Crippen molar-refractivity contribution in [2.24, 2.45) is 5.41 Å². The molecule has 1 heterocycles. The Bertz CT molecular complexity index is 502. The summed E-state index contributed by atoms with van der Waals surface area (Å²) in [5.74, 6) is -0.456. The van der Waals surface area contributed by atoms with Gasteiger partial charge in [0.1, 0.15) is 0 Å². The number of methoxy groups -OCH3 is 1. The average molecular weight is 296 g/mol.